The lowest BCUT2D eigenvalue weighted by molar-refractivity contribution is 0.0498. The van der Waals surface area contributed by atoms with Gasteiger partial charge in [0.15, 0.2) is 14.7 Å². The summed E-state index contributed by atoms with van der Waals surface area (Å²) in [6.07, 6.45) is 4.51. The molecule has 0 heterocycles. The summed E-state index contributed by atoms with van der Waals surface area (Å²) in [5, 5.41) is 0. The van der Waals surface area contributed by atoms with Crippen LogP contribution in [0.4, 0.5) is 0 Å². The molecule has 0 unspecified atom stereocenters. The Morgan fingerprint density at radius 2 is 1.00 bits per heavy atom. The van der Waals surface area contributed by atoms with Crippen molar-refractivity contribution in [2.24, 2.45) is 0 Å². The van der Waals surface area contributed by atoms with Crippen molar-refractivity contribution in [2.45, 2.75) is 47.3 Å². The van der Waals surface area contributed by atoms with Crippen LogP contribution in [-0.2, 0) is 15.6 Å². The predicted molar refractivity (Wildman–Crippen MR) is 142 cm³/mol. The zero-order chi connectivity index (χ0) is 23.8. The van der Waals surface area contributed by atoms with Gasteiger partial charge in [0.25, 0.3) is 0 Å². The molecule has 3 heteroatoms. The molecule has 0 saturated heterocycles. The normalized spacial score (nSPS) is 10.3. The first-order valence-electron chi connectivity index (χ1n) is 11.9. The van der Waals surface area contributed by atoms with E-state index in [0.717, 1.165) is 12.8 Å². The van der Waals surface area contributed by atoms with Crippen LogP contribution in [0.3, 0.4) is 0 Å². The second-order valence-corrected chi connectivity index (χ2v) is 9.83. The van der Waals surface area contributed by atoms with Gasteiger partial charge in [-0.25, -0.2) is 4.79 Å². The molecule has 4 rings (SSSR count). The maximum absolute atomic E-state index is 11.5. The summed E-state index contributed by atoms with van der Waals surface area (Å²) in [6, 6.07) is 41.3. The molecule has 2 nitrogen and oxygen atoms in total. The third-order valence-electron chi connectivity index (χ3n) is 5.18. The maximum atomic E-state index is 11.5. The molecule has 0 bridgehead atoms. The molecule has 0 aliphatic rings. The van der Waals surface area contributed by atoms with E-state index in [0.29, 0.717) is 12.2 Å². The Kier molecular flexibility index (Phi) is 11.0. The van der Waals surface area contributed by atoms with E-state index in [1.54, 1.807) is 12.1 Å². The third-order valence-corrected chi connectivity index (χ3v) is 7.41. The smallest absolute Gasteiger partial charge is 0.338 e. The first kappa shape index (κ1) is 25.3. The number of esters is 1. The van der Waals surface area contributed by atoms with E-state index in [9.17, 15) is 4.79 Å². The van der Waals surface area contributed by atoms with E-state index in [1.165, 1.54) is 27.5 Å². The van der Waals surface area contributed by atoms with Crippen LogP contribution in [0, 0.1) is 0 Å². The number of carbonyl (C=O) groups excluding carboxylic acids is 1. The van der Waals surface area contributed by atoms with Crippen molar-refractivity contribution in [1.82, 2.24) is 0 Å². The quantitative estimate of drug-likeness (QED) is 0.140. The van der Waals surface area contributed by atoms with Crippen LogP contribution >= 0.6 is 0 Å². The highest BCUT2D eigenvalue weighted by Gasteiger charge is 2.27. The number of carbonyl (C=O) groups is 1. The molecule has 0 fully saturated rings. The molecular weight excluding hydrogens is 436 g/mol. The lowest BCUT2D eigenvalue weighted by Crippen LogP contribution is -2.06. The molecule has 4 aromatic carbocycles. The van der Waals surface area contributed by atoms with Gasteiger partial charge in [-0.15, -0.1) is 0 Å². The average molecular weight is 470 g/mol. The van der Waals surface area contributed by atoms with Crippen LogP contribution in [0.1, 0.15) is 43.0 Å². The van der Waals surface area contributed by atoms with Crippen LogP contribution < -0.4 is 0 Å². The van der Waals surface area contributed by atoms with E-state index in [4.69, 9.17) is 4.74 Å². The molecule has 0 spiro atoms. The van der Waals surface area contributed by atoms with Crippen molar-refractivity contribution in [3.8, 4) is 0 Å². The number of ether oxygens (including phenoxy) is 1. The molecule has 0 atom stereocenters. The zero-order valence-electron chi connectivity index (χ0n) is 19.8. The van der Waals surface area contributed by atoms with Gasteiger partial charge in [0.05, 0.1) is 23.1 Å². The van der Waals surface area contributed by atoms with E-state index in [1.807, 2.05) is 18.2 Å². The summed E-state index contributed by atoms with van der Waals surface area (Å²) in [4.78, 5) is 15.5. The Morgan fingerprint density at radius 3 is 1.41 bits per heavy atom. The molecule has 0 aliphatic carbocycles. The summed E-state index contributed by atoms with van der Waals surface area (Å²) >= 11 is 0. The monoisotopic (exact) mass is 469 g/mol. The minimum Gasteiger partial charge on any atom is -0.462 e. The van der Waals surface area contributed by atoms with Crippen LogP contribution in [-0.4, -0.2) is 12.6 Å². The molecule has 0 aromatic heterocycles. The number of hydrogen-bond acceptors (Lipinski definition) is 2. The van der Waals surface area contributed by atoms with Gasteiger partial charge in [-0.1, -0.05) is 99.0 Å². The molecule has 0 N–H and O–H groups in total. The van der Waals surface area contributed by atoms with Crippen LogP contribution in [0.25, 0.3) is 0 Å². The lowest BCUT2D eigenvalue weighted by atomic mass is 10.2. The van der Waals surface area contributed by atoms with Gasteiger partial charge in [-0.2, -0.15) is 0 Å². The third kappa shape index (κ3) is 8.24. The topological polar surface area (TPSA) is 26.3 Å². The van der Waals surface area contributed by atoms with Gasteiger partial charge in [-0.05, 0) is 55.0 Å². The van der Waals surface area contributed by atoms with Gasteiger partial charge >= 0.3 is 5.97 Å². The summed E-state index contributed by atoms with van der Waals surface area (Å²) < 4.78 is 5.14. The minimum absolute atomic E-state index is 0.0146. The van der Waals surface area contributed by atoms with Crippen molar-refractivity contribution >= 4 is 16.9 Å². The number of rotatable bonds is 9. The molecule has 0 aliphatic heterocycles. The Bertz CT molecular complexity index is 974. The van der Waals surface area contributed by atoms with E-state index in [-0.39, 0.29) is 16.9 Å². The summed E-state index contributed by atoms with van der Waals surface area (Å²) in [6.45, 7) is 2.70. The first-order chi connectivity index (χ1) is 16.8. The number of benzene rings is 4. The van der Waals surface area contributed by atoms with Crippen molar-refractivity contribution in [3.63, 3.8) is 0 Å². The highest BCUT2D eigenvalue weighted by atomic mass is 32.2. The molecule has 34 heavy (non-hydrogen) atoms. The molecule has 4 aromatic rings. The largest absolute Gasteiger partial charge is 0.462 e. The van der Waals surface area contributed by atoms with Gasteiger partial charge in [0, 0.05) is 0 Å². The van der Waals surface area contributed by atoms with Gasteiger partial charge in [0.1, 0.15) is 0 Å². The van der Waals surface area contributed by atoms with Crippen molar-refractivity contribution in [3.05, 3.63) is 127 Å². The number of hydrogen-bond donors (Lipinski definition) is 0. The minimum atomic E-state index is -0.216. The Balaban J connectivity index is 0.000000197. The van der Waals surface area contributed by atoms with Gasteiger partial charge in [-0.3, -0.25) is 0 Å². The highest BCUT2D eigenvalue weighted by molar-refractivity contribution is 7.97. The second-order valence-electron chi connectivity index (χ2n) is 7.81. The van der Waals surface area contributed by atoms with Crippen molar-refractivity contribution in [2.75, 3.05) is 6.61 Å². The Labute approximate surface area is 207 Å². The van der Waals surface area contributed by atoms with Crippen molar-refractivity contribution in [1.29, 1.82) is 0 Å². The summed E-state index contributed by atoms with van der Waals surface area (Å²) in [5.74, 6) is -0.216. The van der Waals surface area contributed by atoms with Crippen LogP contribution in [0.5, 0.6) is 0 Å². The number of unbranched alkanes of at least 4 members (excludes halogenated alkanes) is 3. The average Bonchev–Trinajstić information content (AvgIpc) is 2.91. The molecule has 174 valence electrons. The molecule has 0 amide bonds. The SMILES string of the molecule is CCCCCCOC(=O)c1ccccc1.c1ccc([S+](c2ccccc2)c2ccccc2)cc1. The molecule has 0 radical (unpaired) electrons. The first-order valence-corrected chi connectivity index (χ1v) is 13.1. The second kappa shape index (κ2) is 14.8. The highest BCUT2D eigenvalue weighted by Crippen LogP contribution is 2.30. The Hall–Kier alpha value is -3.30. The lowest BCUT2D eigenvalue weighted by Gasteiger charge is -2.07. The standard InChI is InChI=1S/C18H15S.C13H18O2/c1-4-10-16(11-5-1)19(17-12-6-2-7-13-17)18-14-8-3-9-15-18;1-2-3-4-8-11-15-13(14)12-9-6-5-7-10-12/h1-15H;5-7,9-10H,2-4,8,11H2,1H3/q+1;. The van der Waals surface area contributed by atoms with Gasteiger partial charge in [0.2, 0.25) is 0 Å². The fourth-order valence-corrected chi connectivity index (χ4v) is 5.53. The molecule has 0 saturated carbocycles. The fraction of sp³-hybridized carbons (Fsp3) is 0.194. The van der Waals surface area contributed by atoms with E-state index < -0.39 is 0 Å². The Morgan fingerprint density at radius 1 is 0.588 bits per heavy atom. The summed E-state index contributed by atoms with van der Waals surface area (Å²) in [7, 11) is -0.0146. The predicted octanol–water partition coefficient (Wildman–Crippen LogP) is 8.21. The van der Waals surface area contributed by atoms with Gasteiger partial charge < -0.3 is 4.74 Å². The maximum Gasteiger partial charge on any atom is 0.338 e. The summed E-state index contributed by atoms with van der Waals surface area (Å²) in [5.41, 5.74) is 0.632. The van der Waals surface area contributed by atoms with Crippen molar-refractivity contribution < 1.29 is 9.53 Å². The van der Waals surface area contributed by atoms with E-state index >= 15 is 0 Å². The zero-order valence-corrected chi connectivity index (χ0v) is 20.6. The van der Waals surface area contributed by atoms with E-state index in [2.05, 4.69) is 97.9 Å². The molecular formula is C31H33O2S+. The fourth-order valence-electron chi connectivity index (χ4n) is 3.43. The van der Waals surface area contributed by atoms with Crippen LogP contribution in [0.15, 0.2) is 136 Å². The van der Waals surface area contributed by atoms with Crippen LogP contribution in [0.2, 0.25) is 0 Å².